The lowest BCUT2D eigenvalue weighted by Crippen LogP contribution is -2.44. The number of aromatic nitrogens is 3. The largest absolute Gasteiger partial charge is 0.365 e. The van der Waals surface area contributed by atoms with Crippen molar-refractivity contribution < 1.29 is 8.42 Å². The molecule has 1 atom stereocenters. The minimum Gasteiger partial charge on any atom is -0.365 e. The zero-order valence-corrected chi connectivity index (χ0v) is 13.7. The van der Waals surface area contributed by atoms with Gasteiger partial charge in [0.05, 0.1) is 11.6 Å². The number of piperidine rings is 1. The van der Waals surface area contributed by atoms with Crippen LogP contribution in [0.2, 0.25) is 0 Å². The van der Waals surface area contributed by atoms with E-state index in [1.54, 1.807) is 0 Å². The Labute approximate surface area is 130 Å². The molecule has 1 aliphatic heterocycles. The predicted molar refractivity (Wildman–Crippen MR) is 86.3 cm³/mol. The van der Waals surface area contributed by atoms with E-state index < -0.39 is 10.0 Å². The summed E-state index contributed by atoms with van der Waals surface area (Å²) in [7, 11) is -3.14. The van der Waals surface area contributed by atoms with Gasteiger partial charge in [0.25, 0.3) is 0 Å². The van der Waals surface area contributed by atoms with Gasteiger partial charge in [0.15, 0.2) is 0 Å². The van der Waals surface area contributed by atoms with Crippen LogP contribution in [0.1, 0.15) is 25.3 Å². The molecule has 0 aliphatic carbocycles. The summed E-state index contributed by atoms with van der Waals surface area (Å²) in [5.74, 6) is 0.781. The molecule has 3 rings (SSSR count). The standard InChI is InChI=1S/C14H21N5O2S/c1-3-10-7-15-13-12(10)14(17-9-16-13)18-11-5-4-6-19(8-11)22(2,20)21/h7,9,11H,3-6,8H2,1-2H3,(H2,15,16,17,18). The highest BCUT2D eigenvalue weighted by molar-refractivity contribution is 7.88. The highest BCUT2D eigenvalue weighted by Crippen LogP contribution is 2.25. The molecule has 120 valence electrons. The molecular formula is C14H21N5O2S. The first-order valence-electron chi connectivity index (χ1n) is 7.51. The van der Waals surface area contributed by atoms with Crippen LogP contribution in [0.3, 0.4) is 0 Å². The first-order valence-corrected chi connectivity index (χ1v) is 9.36. The Kier molecular flexibility index (Phi) is 4.05. The number of nitrogens with zero attached hydrogens (tertiary/aromatic N) is 3. The molecule has 1 unspecified atom stereocenters. The molecule has 2 N–H and O–H groups in total. The van der Waals surface area contributed by atoms with Crippen molar-refractivity contribution in [3.05, 3.63) is 18.1 Å². The van der Waals surface area contributed by atoms with E-state index in [1.165, 1.54) is 16.9 Å². The number of aromatic amines is 1. The van der Waals surface area contributed by atoms with Gasteiger partial charge in [0, 0.05) is 25.3 Å². The molecule has 0 bridgehead atoms. The van der Waals surface area contributed by atoms with Gasteiger partial charge < -0.3 is 10.3 Å². The summed E-state index contributed by atoms with van der Waals surface area (Å²) in [5.41, 5.74) is 1.97. The smallest absolute Gasteiger partial charge is 0.211 e. The van der Waals surface area contributed by atoms with E-state index in [-0.39, 0.29) is 6.04 Å². The predicted octanol–water partition coefficient (Wildman–Crippen LogP) is 1.36. The van der Waals surface area contributed by atoms with Crippen molar-refractivity contribution in [2.75, 3.05) is 24.7 Å². The number of hydrogen-bond acceptors (Lipinski definition) is 5. The van der Waals surface area contributed by atoms with E-state index >= 15 is 0 Å². The fourth-order valence-electron chi connectivity index (χ4n) is 2.97. The lowest BCUT2D eigenvalue weighted by atomic mass is 10.1. The minimum absolute atomic E-state index is 0.0705. The lowest BCUT2D eigenvalue weighted by Gasteiger charge is -2.31. The fourth-order valence-corrected chi connectivity index (χ4v) is 3.88. The Bertz CT molecular complexity index is 771. The number of hydrogen-bond donors (Lipinski definition) is 2. The maximum absolute atomic E-state index is 11.7. The van der Waals surface area contributed by atoms with Crippen molar-refractivity contribution in [2.45, 2.75) is 32.2 Å². The van der Waals surface area contributed by atoms with Crippen LogP contribution in [0.15, 0.2) is 12.5 Å². The quantitative estimate of drug-likeness (QED) is 0.886. The summed E-state index contributed by atoms with van der Waals surface area (Å²) in [5, 5.41) is 4.41. The Hall–Kier alpha value is -1.67. The summed E-state index contributed by atoms with van der Waals surface area (Å²) in [6, 6.07) is 0.0705. The van der Waals surface area contributed by atoms with Gasteiger partial charge >= 0.3 is 0 Å². The molecule has 2 aromatic heterocycles. The molecule has 8 heteroatoms. The Balaban J connectivity index is 1.85. The van der Waals surface area contributed by atoms with Crippen molar-refractivity contribution in [1.29, 1.82) is 0 Å². The van der Waals surface area contributed by atoms with E-state index in [0.29, 0.717) is 13.1 Å². The second kappa shape index (κ2) is 5.85. The van der Waals surface area contributed by atoms with Crippen LogP contribution < -0.4 is 5.32 Å². The summed E-state index contributed by atoms with van der Waals surface area (Å²) in [6.45, 7) is 3.17. The summed E-state index contributed by atoms with van der Waals surface area (Å²) < 4.78 is 25.0. The summed E-state index contributed by atoms with van der Waals surface area (Å²) >= 11 is 0. The molecule has 1 saturated heterocycles. The van der Waals surface area contributed by atoms with Gasteiger partial charge in [0.1, 0.15) is 17.8 Å². The van der Waals surface area contributed by atoms with Crippen LogP contribution >= 0.6 is 0 Å². The third-order valence-electron chi connectivity index (χ3n) is 4.13. The number of fused-ring (bicyclic) bond motifs is 1. The zero-order valence-electron chi connectivity index (χ0n) is 12.8. The highest BCUT2D eigenvalue weighted by Gasteiger charge is 2.26. The number of sulfonamides is 1. The molecule has 3 heterocycles. The maximum Gasteiger partial charge on any atom is 0.211 e. The Morgan fingerprint density at radius 3 is 3.00 bits per heavy atom. The Morgan fingerprint density at radius 1 is 1.45 bits per heavy atom. The van der Waals surface area contributed by atoms with Crippen LogP contribution in [0.25, 0.3) is 11.0 Å². The average molecular weight is 323 g/mol. The molecule has 0 radical (unpaired) electrons. The fraction of sp³-hybridized carbons (Fsp3) is 0.571. The SMILES string of the molecule is CCc1c[nH]c2ncnc(NC3CCCN(S(C)(=O)=O)C3)c12. The van der Waals surface area contributed by atoms with Gasteiger partial charge in [-0.2, -0.15) is 0 Å². The van der Waals surface area contributed by atoms with Gasteiger partial charge in [-0.25, -0.2) is 22.7 Å². The number of H-pyrrole nitrogens is 1. The third kappa shape index (κ3) is 2.93. The van der Waals surface area contributed by atoms with Crippen LogP contribution in [0.4, 0.5) is 5.82 Å². The lowest BCUT2D eigenvalue weighted by molar-refractivity contribution is 0.329. The van der Waals surface area contributed by atoms with E-state index in [4.69, 9.17) is 0 Å². The Morgan fingerprint density at radius 2 is 2.27 bits per heavy atom. The first kappa shape index (κ1) is 15.2. The molecule has 7 nitrogen and oxygen atoms in total. The average Bonchev–Trinajstić information content (AvgIpc) is 2.91. The number of anilines is 1. The van der Waals surface area contributed by atoms with Crippen LogP contribution in [-0.2, 0) is 16.4 Å². The topological polar surface area (TPSA) is 91.0 Å². The second-order valence-electron chi connectivity index (χ2n) is 5.72. The molecule has 0 saturated carbocycles. The normalized spacial score (nSPS) is 20.4. The van der Waals surface area contributed by atoms with E-state index in [0.717, 1.165) is 41.7 Å². The molecule has 1 aliphatic rings. The van der Waals surface area contributed by atoms with Crippen molar-refractivity contribution in [2.24, 2.45) is 0 Å². The van der Waals surface area contributed by atoms with Crippen molar-refractivity contribution in [3.8, 4) is 0 Å². The number of aryl methyl sites for hydroxylation is 1. The van der Waals surface area contributed by atoms with E-state index in [1.807, 2.05) is 6.20 Å². The summed E-state index contributed by atoms with van der Waals surface area (Å²) in [6.07, 6.45) is 7.42. The van der Waals surface area contributed by atoms with Gasteiger partial charge in [0.2, 0.25) is 10.0 Å². The minimum atomic E-state index is -3.14. The van der Waals surface area contributed by atoms with E-state index in [2.05, 4.69) is 27.2 Å². The van der Waals surface area contributed by atoms with Crippen molar-refractivity contribution in [1.82, 2.24) is 19.3 Å². The van der Waals surface area contributed by atoms with Crippen molar-refractivity contribution in [3.63, 3.8) is 0 Å². The molecule has 22 heavy (non-hydrogen) atoms. The second-order valence-corrected chi connectivity index (χ2v) is 7.70. The zero-order chi connectivity index (χ0) is 15.7. The van der Waals surface area contributed by atoms with Gasteiger partial charge in [-0.1, -0.05) is 6.92 Å². The molecule has 1 fully saturated rings. The number of nitrogens with one attached hydrogen (secondary N) is 2. The molecule has 0 spiro atoms. The van der Waals surface area contributed by atoms with Gasteiger partial charge in [-0.05, 0) is 24.8 Å². The van der Waals surface area contributed by atoms with Crippen LogP contribution in [0.5, 0.6) is 0 Å². The monoisotopic (exact) mass is 323 g/mol. The molecular weight excluding hydrogens is 302 g/mol. The van der Waals surface area contributed by atoms with Gasteiger partial charge in [-0.3, -0.25) is 0 Å². The highest BCUT2D eigenvalue weighted by atomic mass is 32.2. The molecule has 2 aromatic rings. The molecule has 0 amide bonds. The van der Waals surface area contributed by atoms with Crippen molar-refractivity contribution >= 4 is 26.9 Å². The maximum atomic E-state index is 11.7. The molecule has 0 aromatic carbocycles. The van der Waals surface area contributed by atoms with Crippen LogP contribution in [-0.4, -0.2) is 53.1 Å². The number of rotatable bonds is 4. The third-order valence-corrected chi connectivity index (χ3v) is 5.40. The summed E-state index contributed by atoms with van der Waals surface area (Å²) in [4.78, 5) is 11.8. The van der Waals surface area contributed by atoms with E-state index in [9.17, 15) is 8.42 Å². The van der Waals surface area contributed by atoms with Gasteiger partial charge in [-0.15, -0.1) is 0 Å². The van der Waals surface area contributed by atoms with Crippen LogP contribution in [0, 0.1) is 0 Å². The first-order chi connectivity index (χ1) is 10.5.